The molecule has 0 saturated heterocycles. The molecule has 2 aromatic rings. The molecule has 0 fully saturated rings. The monoisotopic (exact) mass is 246 g/mol. The highest BCUT2D eigenvalue weighted by molar-refractivity contribution is 7.09. The molecule has 2 nitrogen and oxygen atoms in total. The van der Waals surface area contributed by atoms with Crippen LogP contribution in [0.15, 0.2) is 23.6 Å². The molecule has 2 rings (SSSR count). The predicted molar refractivity (Wildman–Crippen MR) is 74.7 cm³/mol. The lowest BCUT2D eigenvalue weighted by Crippen LogP contribution is -2.03. The van der Waals surface area contributed by atoms with Crippen LogP contribution in [0.2, 0.25) is 0 Å². The van der Waals surface area contributed by atoms with Gasteiger partial charge >= 0.3 is 0 Å². The summed E-state index contributed by atoms with van der Waals surface area (Å²) in [6.45, 7) is 7.18. The van der Waals surface area contributed by atoms with E-state index in [1.807, 2.05) is 6.92 Å². The second-order valence-electron chi connectivity index (χ2n) is 4.20. The zero-order valence-corrected chi connectivity index (χ0v) is 11.4. The number of hydrogen-bond donors (Lipinski definition) is 1. The van der Waals surface area contributed by atoms with Gasteiger partial charge in [0.25, 0.3) is 0 Å². The number of anilines is 1. The van der Waals surface area contributed by atoms with Crippen molar-refractivity contribution in [2.24, 2.45) is 0 Å². The van der Waals surface area contributed by atoms with Gasteiger partial charge in [-0.05, 0) is 31.4 Å². The van der Waals surface area contributed by atoms with E-state index in [4.69, 9.17) is 0 Å². The van der Waals surface area contributed by atoms with Crippen LogP contribution in [-0.2, 0) is 13.0 Å². The summed E-state index contributed by atoms with van der Waals surface area (Å²) in [6.07, 6.45) is 1.06. The van der Waals surface area contributed by atoms with Gasteiger partial charge in [-0.1, -0.05) is 25.1 Å². The summed E-state index contributed by atoms with van der Waals surface area (Å²) in [5, 5.41) is 6.75. The highest BCUT2D eigenvalue weighted by Gasteiger charge is 2.04. The summed E-state index contributed by atoms with van der Waals surface area (Å²) >= 11 is 1.71. The number of hydrogen-bond acceptors (Lipinski definition) is 3. The lowest BCUT2D eigenvalue weighted by Gasteiger charge is -2.12. The Morgan fingerprint density at radius 2 is 2.12 bits per heavy atom. The third-order valence-electron chi connectivity index (χ3n) is 2.82. The number of nitrogens with one attached hydrogen (secondary N) is 1. The van der Waals surface area contributed by atoms with Crippen LogP contribution in [0.4, 0.5) is 5.69 Å². The largest absolute Gasteiger partial charge is 0.378 e. The number of benzene rings is 1. The first kappa shape index (κ1) is 12.1. The van der Waals surface area contributed by atoms with E-state index in [0.29, 0.717) is 0 Å². The molecular formula is C14H18N2S. The van der Waals surface area contributed by atoms with Crippen molar-refractivity contribution in [3.63, 3.8) is 0 Å². The van der Waals surface area contributed by atoms with Crippen LogP contribution < -0.4 is 5.32 Å². The molecule has 0 radical (unpaired) electrons. The third-order valence-corrected chi connectivity index (χ3v) is 3.79. The lowest BCUT2D eigenvalue weighted by molar-refractivity contribution is 1.05. The van der Waals surface area contributed by atoms with Gasteiger partial charge in [-0.15, -0.1) is 11.3 Å². The summed E-state index contributed by atoms with van der Waals surface area (Å²) < 4.78 is 0. The maximum atomic E-state index is 4.47. The first-order valence-corrected chi connectivity index (χ1v) is 6.82. The van der Waals surface area contributed by atoms with E-state index < -0.39 is 0 Å². The Morgan fingerprint density at radius 3 is 2.76 bits per heavy atom. The molecular weight excluding hydrogens is 228 g/mol. The average Bonchev–Trinajstić information content (AvgIpc) is 2.73. The summed E-state index contributed by atoms with van der Waals surface area (Å²) in [5.41, 5.74) is 5.05. The fourth-order valence-electron chi connectivity index (χ4n) is 1.92. The smallest absolute Gasteiger partial charge is 0.112 e. The van der Waals surface area contributed by atoms with E-state index >= 15 is 0 Å². The molecule has 0 amide bonds. The number of aryl methyl sites for hydroxylation is 3. The van der Waals surface area contributed by atoms with Gasteiger partial charge in [0.15, 0.2) is 0 Å². The standard InChI is InChI=1S/C14H18N2S/c1-4-12-7-5-6-10(2)14(12)15-8-13-16-11(3)9-17-13/h5-7,9,15H,4,8H2,1-3H3. The predicted octanol–water partition coefficient (Wildman–Crippen LogP) is 3.93. The minimum absolute atomic E-state index is 0.816. The maximum Gasteiger partial charge on any atom is 0.112 e. The van der Waals surface area contributed by atoms with Crippen LogP contribution in [0.5, 0.6) is 0 Å². The number of nitrogens with zero attached hydrogens (tertiary/aromatic N) is 1. The number of para-hydroxylation sites is 1. The van der Waals surface area contributed by atoms with Crippen LogP contribution >= 0.6 is 11.3 Å². The van der Waals surface area contributed by atoms with Gasteiger partial charge in [-0.2, -0.15) is 0 Å². The van der Waals surface area contributed by atoms with Gasteiger partial charge in [0.05, 0.1) is 6.54 Å². The van der Waals surface area contributed by atoms with Gasteiger partial charge < -0.3 is 5.32 Å². The molecule has 90 valence electrons. The Hall–Kier alpha value is -1.35. The molecule has 0 unspecified atom stereocenters. The maximum absolute atomic E-state index is 4.47. The fourth-order valence-corrected chi connectivity index (χ4v) is 2.64. The van der Waals surface area contributed by atoms with Crippen molar-refractivity contribution >= 4 is 17.0 Å². The first-order chi connectivity index (χ1) is 8.20. The van der Waals surface area contributed by atoms with Crippen molar-refractivity contribution < 1.29 is 0 Å². The second-order valence-corrected chi connectivity index (χ2v) is 5.14. The van der Waals surface area contributed by atoms with E-state index in [2.05, 4.69) is 47.7 Å². The Labute approximate surface area is 107 Å². The molecule has 0 bridgehead atoms. The molecule has 3 heteroatoms. The van der Waals surface area contributed by atoms with E-state index in [0.717, 1.165) is 23.7 Å². The van der Waals surface area contributed by atoms with Crippen LogP contribution in [-0.4, -0.2) is 4.98 Å². The summed E-state index contributed by atoms with van der Waals surface area (Å²) in [7, 11) is 0. The molecule has 1 N–H and O–H groups in total. The molecule has 1 aromatic heterocycles. The highest BCUT2D eigenvalue weighted by Crippen LogP contribution is 2.22. The van der Waals surface area contributed by atoms with Crippen LogP contribution in [0.3, 0.4) is 0 Å². The van der Waals surface area contributed by atoms with Gasteiger partial charge in [-0.25, -0.2) is 4.98 Å². The number of rotatable bonds is 4. The Morgan fingerprint density at radius 1 is 1.29 bits per heavy atom. The minimum atomic E-state index is 0.816. The third kappa shape index (κ3) is 2.86. The molecule has 0 aliphatic rings. The number of aromatic nitrogens is 1. The minimum Gasteiger partial charge on any atom is -0.378 e. The normalized spacial score (nSPS) is 10.5. The van der Waals surface area contributed by atoms with Crippen molar-refractivity contribution in [3.05, 3.63) is 45.4 Å². The van der Waals surface area contributed by atoms with Gasteiger partial charge in [-0.3, -0.25) is 0 Å². The Bertz CT molecular complexity index is 503. The van der Waals surface area contributed by atoms with E-state index in [9.17, 15) is 0 Å². The molecule has 17 heavy (non-hydrogen) atoms. The van der Waals surface area contributed by atoms with Crippen molar-refractivity contribution in [2.75, 3.05) is 5.32 Å². The second kappa shape index (κ2) is 5.32. The van der Waals surface area contributed by atoms with E-state index in [-0.39, 0.29) is 0 Å². The molecule has 0 aliphatic heterocycles. The van der Waals surface area contributed by atoms with Gasteiger partial charge in [0.1, 0.15) is 5.01 Å². The molecule has 0 saturated carbocycles. The van der Waals surface area contributed by atoms with Crippen molar-refractivity contribution in [3.8, 4) is 0 Å². The lowest BCUT2D eigenvalue weighted by atomic mass is 10.1. The molecule has 0 spiro atoms. The highest BCUT2D eigenvalue weighted by atomic mass is 32.1. The fraction of sp³-hybridized carbons (Fsp3) is 0.357. The number of thiazole rings is 1. The topological polar surface area (TPSA) is 24.9 Å². The summed E-state index contributed by atoms with van der Waals surface area (Å²) in [4.78, 5) is 4.47. The first-order valence-electron chi connectivity index (χ1n) is 5.94. The van der Waals surface area contributed by atoms with Crippen LogP contribution in [0, 0.1) is 13.8 Å². The zero-order chi connectivity index (χ0) is 12.3. The average molecular weight is 246 g/mol. The van der Waals surface area contributed by atoms with E-state index in [1.165, 1.54) is 16.8 Å². The van der Waals surface area contributed by atoms with Crippen molar-refractivity contribution in [1.82, 2.24) is 4.98 Å². The summed E-state index contributed by atoms with van der Waals surface area (Å²) in [5.74, 6) is 0. The SMILES string of the molecule is CCc1cccc(C)c1NCc1nc(C)cs1. The van der Waals surface area contributed by atoms with Crippen LogP contribution in [0.1, 0.15) is 28.8 Å². The molecule has 1 heterocycles. The molecule has 0 aliphatic carbocycles. The zero-order valence-electron chi connectivity index (χ0n) is 10.6. The van der Waals surface area contributed by atoms with Crippen molar-refractivity contribution in [2.45, 2.75) is 33.7 Å². The Balaban J connectivity index is 2.13. The van der Waals surface area contributed by atoms with Gasteiger partial charge in [0.2, 0.25) is 0 Å². The quantitative estimate of drug-likeness (QED) is 0.884. The van der Waals surface area contributed by atoms with Crippen molar-refractivity contribution in [1.29, 1.82) is 0 Å². The summed E-state index contributed by atoms with van der Waals surface area (Å²) in [6, 6.07) is 6.45. The van der Waals surface area contributed by atoms with Gasteiger partial charge in [0, 0.05) is 16.8 Å². The van der Waals surface area contributed by atoms with E-state index in [1.54, 1.807) is 11.3 Å². The van der Waals surface area contributed by atoms with Crippen LogP contribution in [0.25, 0.3) is 0 Å². The Kier molecular flexibility index (Phi) is 3.79. The molecule has 1 aromatic carbocycles. The molecule has 0 atom stereocenters.